The van der Waals surface area contributed by atoms with Crippen molar-refractivity contribution in [2.24, 2.45) is 0 Å². The van der Waals surface area contributed by atoms with Crippen molar-refractivity contribution in [3.05, 3.63) is 70.5 Å². The van der Waals surface area contributed by atoms with Gasteiger partial charge in [-0.05, 0) is 37.6 Å². The van der Waals surface area contributed by atoms with E-state index < -0.39 is 0 Å². The van der Waals surface area contributed by atoms with Crippen LogP contribution in [0.3, 0.4) is 0 Å². The predicted molar refractivity (Wildman–Crippen MR) is 97.3 cm³/mol. The van der Waals surface area contributed by atoms with Crippen LogP contribution >= 0.6 is 23.4 Å². The number of benzene rings is 2. The highest BCUT2D eigenvalue weighted by Crippen LogP contribution is 2.23. The van der Waals surface area contributed by atoms with E-state index in [9.17, 15) is 4.79 Å². The van der Waals surface area contributed by atoms with E-state index >= 15 is 0 Å². The van der Waals surface area contributed by atoms with Crippen LogP contribution < -0.4 is 0 Å². The third-order valence-corrected chi connectivity index (χ3v) is 4.80. The minimum atomic E-state index is 0.0816. The molecule has 3 aromatic rings. The Morgan fingerprint density at radius 2 is 2.04 bits per heavy atom. The van der Waals surface area contributed by atoms with Crippen molar-refractivity contribution in [3.63, 3.8) is 0 Å². The molecule has 4 nitrogen and oxygen atoms in total. The van der Waals surface area contributed by atoms with E-state index in [1.54, 1.807) is 6.33 Å². The largest absolute Gasteiger partial charge is 0.293 e. The first-order valence-corrected chi connectivity index (χ1v) is 8.80. The Labute approximate surface area is 149 Å². The normalized spacial score (nSPS) is 10.8. The van der Waals surface area contributed by atoms with E-state index in [1.165, 1.54) is 11.8 Å². The van der Waals surface area contributed by atoms with Gasteiger partial charge in [-0.1, -0.05) is 53.2 Å². The first kappa shape index (κ1) is 16.7. The summed E-state index contributed by atoms with van der Waals surface area (Å²) in [4.78, 5) is 12.5. The minimum absolute atomic E-state index is 0.0816. The van der Waals surface area contributed by atoms with Gasteiger partial charge in [0.2, 0.25) is 0 Å². The van der Waals surface area contributed by atoms with Crippen LogP contribution in [0.1, 0.15) is 21.5 Å². The summed E-state index contributed by atoms with van der Waals surface area (Å²) in [6.45, 7) is 3.98. The van der Waals surface area contributed by atoms with E-state index in [-0.39, 0.29) is 5.78 Å². The van der Waals surface area contributed by atoms with Crippen molar-refractivity contribution in [2.45, 2.75) is 19.0 Å². The van der Waals surface area contributed by atoms with Crippen molar-refractivity contribution >= 4 is 29.1 Å². The fourth-order valence-electron chi connectivity index (χ4n) is 2.46. The van der Waals surface area contributed by atoms with E-state index in [0.29, 0.717) is 15.9 Å². The standard InChI is InChI=1S/C18H16ClN3OS/c1-12-6-7-16(13(2)8-12)17(23)10-24-18-21-20-11-22(18)15-5-3-4-14(19)9-15/h3-9,11H,10H2,1-2H3. The number of rotatable bonds is 5. The van der Waals surface area contributed by atoms with Crippen LogP contribution in [-0.4, -0.2) is 26.3 Å². The topological polar surface area (TPSA) is 47.8 Å². The quantitative estimate of drug-likeness (QED) is 0.498. The van der Waals surface area contributed by atoms with Crippen molar-refractivity contribution in [1.29, 1.82) is 0 Å². The molecule has 0 aliphatic rings. The number of carbonyl (C=O) groups is 1. The van der Waals surface area contributed by atoms with Crippen molar-refractivity contribution < 1.29 is 4.79 Å². The van der Waals surface area contributed by atoms with E-state index in [1.807, 2.05) is 60.9 Å². The smallest absolute Gasteiger partial charge is 0.196 e. The molecule has 6 heteroatoms. The van der Waals surface area contributed by atoms with Crippen molar-refractivity contribution in [3.8, 4) is 5.69 Å². The minimum Gasteiger partial charge on any atom is -0.293 e. The second-order valence-electron chi connectivity index (χ2n) is 5.49. The molecule has 3 rings (SSSR count). The van der Waals surface area contributed by atoms with Gasteiger partial charge in [0.05, 0.1) is 11.4 Å². The Morgan fingerprint density at radius 1 is 1.21 bits per heavy atom. The molecule has 0 fully saturated rings. The summed E-state index contributed by atoms with van der Waals surface area (Å²) in [6.07, 6.45) is 1.62. The average Bonchev–Trinajstić information content (AvgIpc) is 3.01. The maximum Gasteiger partial charge on any atom is 0.196 e. The number of ketones is 1. The Kier molecular flexibility index (Phi) is 5.02. The molecule has 0 aliphatic carbocycles. The number of Topliss-reactive ketones (excluding diaryl/α,β-unsaturated/α-hetero) is 1. The Morgan fingerprint density at radius 3 is 2.79 bits per heavy atom. The van der Waals surface area contributed by atoms with Crippen molar-refractivity contribution in [1.82, 2.24) is 14.8 Å². The van der Waals surface area contributed by atoms with Gasteiger partial charge < -0.3 is 0 Å². The van der Waals surface area contributed by atoms with Crippen molar-refractivity contribution in [2.75, 3.05) is 5.75 Å². The van der Waals surface area contributed by atoms with Crippen LogP contribution in [0.2, 0.25) is 5.02 Å². The summed E-state index contributed by atoms with van der Waals surface area (Å²) in [5.74, 6) is 0.390. The van der Waals surface area contributed by atoms with Gasteiger partial charge in [0, 0.05) is 10.6 Å². The molecule has 0 aliphatic heterocycles. The first-order chi connectivity index (χ1) is 11.5. The lowest BCUT2D eigenvalue weighted by atomic mass is 10.0. The third kappa shape index (κ3) is 3.68. The molecule has 0 saturated heterocycles. The highest BCUT2D eigenvalue weighted by atomic mass is 35.5. The fraction of sp³-hybridized carbons (Fsp3) is 0.167. The summed E-state index contributed by atoms with van der Waals surface area (Å²) < 4.78 is 1.83. The molecule has 1 heterocycles. The molecule has 24 heavy (non-hydrogen) atoms. The maximum absolute atomic E-state index is 12.5. The Hall–Kier alpha value is -2.11. The number of thioether (sulfide) groups is 1. The number of hydrogen-bond acceptors (Lipinski definition) is 4. The highest BCUT2D eigenvalue weighted by molar-refractivity contribution is 7.99. The van der Waals surface area contributed by atoms with Gasteiger partial charge in [-0.2, -0.15) is 0 Å². The van der Waals surface area contributed by atoms with Crippen LogP contribution in [0.25, 0.3) is 5.69 Å². The third-order valence-electron chi connectivity index (χ3n) is 3.62. The number of hydrogen-bond donors (Lipinski definition) is 0. The molecule has 0 unspecified atom stereocenters. The molecule has 0 radical (unpaired) electrons. The van der Waals surface area contributed by atoms with Gasteiger partial charge in [-0.3, -0.25) is 9.36 Å². The van der Waals surface area contributed by atoms with Crippen LogP contribution in [0.4, 0.5) is 0 Å². The molecule has 1 aromatic heterocycles. The van der Waals surface area contributed by atoms with Gasteiger partial charge in [-0.15, -0.1) is 10.2 Å². The molecule has 122 valence electrons. The number of carbonyl (C=O) groups excluding carboxylic acids is 1. The average molecular weight is 358 g/mol. The lowest BCUT2D eigenvalue weighted by Crippen LogP contribution is -2.06. The van der Waals surface area contributed by atoms with Crippen LogP contribution in [0.5, 0.6) is 0 Å². The molecular weight excluding hydrogens is 342 g/mol. The van der Waals surface area contributed by atoms with E-state index in [0.717, 1.165) is 22.4 Å². The molecule has 0 saturated carbocycles. The van der Waals surface area contributed by atoms with Crippen LogP contribution in [-0.2, 0) is 0 Å². The lowest BCUT2D eigenvalue weighted by Gasteiger charge is -2.08. The summed E-state index contributed by atoms with van der Waals surface area (Å²) in [7, 11) is 0. The predicted octanol–water partition coefficient (Wildman–Crippen LogP) is 4.51. The molecule has 0 atom stereocenters. The zero-order chi connectivity index (χ0) is 17.1. The zero-order valence-corrected chi connectivity index (χ0v) is 14.9. The highest BCUT2D eigenvalue weighted by Gasteiger charge is 2.13. The number of nitrogens with zero attached hydrogens (tertiary/aromatic N) is 3. The Bertz CT molecular complexity index is 891. The van der Waals surface area contributed by atoms with E-state index in [4.69, 9.17) is 11.6 Å². The molecule has 0 bridgehead atoms. The van der Waals surface area contributed by atoms with Gasteiger partial charge in [0.1, 0.15) is 6.33 Å². The monoisotopic (exact) mass is 357 g/mol. The number of halogens is 1. The van der Waals surface area contributed by atoms with Crippen LogP contribution in [0.15, 0.2) is 53.9 Å². The summed E-state index contributed by atoms with van der Waals surface area (Å²) in [6, 6.07) is 13.3. The molecular formula is C18H16ClN3OS. The lowest BCUT2D eigenvalue weighted by molar-refractivity contribution is 0.102. The summed E-state index contributed by atoms with van der Waals surface area (Å²) >= 11 is 7.40. The molecule has 0 amide bonds. The zero-order valence-electron chi connectivity index (χ0n) is 13.4. The molecule has 0 spiro atoms. The van der Waals surface area contributed by atoms with E-state index in [2.05, 4.69) is 10.2 Å². The number of aromatic nitrogens is 3. The number of aryl methyl sites for hydroxylation is 2. The summed E-state index contributed by atoms with van der Waals surface area (Å²) in [5.41, 5.74) is 3.77. The van der Waals surface area contributed by atoms with Gasteiger partial charge in [0.25, 0.3) is 0 Å². The van der Waals surface area contributed by atoms with Gasteiger partial charge >= 0.3 is 0 Å². The first-order valence-electron chi connectivity index (χ1n) is 7.44. The second kappa shape index (κ2) is 7.20. The SMILES string of the molecule is Cc1ccc(C(=O)CSc2nncn2-c2cccc(Cl)c2)c(C)c1. The molecule has 0 N–H and O–H groups in total. The second-order valence-corrected chi connectivity index (χ2v) is 6.87. The molecule has 2 aromatic carbocycles. The van der Waals surface area contributed by atoms with Gasteiger partial charge in [-0.25, -0.2) is 0 Å². The Balaban J connectivity index is 1.76. The van der Waals surface area contributed by atoms with Gasteiger partial charge in [0.15, 0.2) is 10.9 Å². The van der Waals surface area contributed by atoms with Crippen LogP contribution in [0, 0.1) is 13.8 Å². The summed E-state index contributed by atoms with van der Waals surface area (Å²) in [5, 5.41) is 9.36. The fourth-order valence-corrected chi connectivity index (χ4v) is 3.46. The maximum atomic E-state index is 12.5.